The Balaban J connectivity index is 2.08. The van der Waals surface area contributed by atoms with Gasteiger partial charge in [-0.25, -0.2) is 8.42 Å². The zero-order valence-electron chi connectivity index (χ0n) is 8.29. The van der Waals surface area contributed by atoms with Gasteiger partial charge in [0.05, 0.1) is 23.7 Å². The van der Waals surface area contributed by atoms with Crippen molar-refractivity contribution in [2.75, 3.05) is 16.8 Å². The summed E-state index contributed by atoms with van der Waals surface area (Å²) in [5.74, 6) is 0.376. The molecule has 0 bridgehead atoms. The normalized spacial score (nSPS) is 29.2. The molecule has 2 rings (SSSR count). The first-order chi connectivity index (χ1) is 6.96. The van der Waals surface area contributed by atoms with Crippen LogP contribution in [0.4, 0.5) is 5.82 Å². The number of anilines is 1. The molecule has 0 amide bonds. The Morgan fingerprint density at radius 1 is 1.60 bits per heavy atom. The fourth-order valence-corrected chi connectivity index (χ4v) is 3.39. The molecular weight excluding hydrogens is 218 g/mol. The van der Waals surface area contributed by atoms with Crippen LogP contribution in [-0.4, -0.2) is 47.0 Å². The number of aromatic nitrogens is 2. The maximum Gasteiger partial charge on any atom is 0.155 e. The van der Waals surface area contributed by atoms with Gasteiger partial charge in [-0.15, -0.1) is 0 Å². The van der Waals surface area contributed by atoms with E-state index in [4.69, 9.17) is 0 Å². The van der Waals surface area contributed by atoms with E-state index in [9.17, 15) is 13.5 Å². The van der Waals surface area contributed by atoms with E-state index < -0.39 is 22.0 Å². The molecule has 1 aromatic rings. The smallest absolute Gasteiger partial charge is 0.155 e. The number of nitrogens with one attached hydrogen (secondary N) is 1. The third-order valence-electron chi connectivity index (χ3n) is 2.37. The molecule has 1 aromatic heterocycles. The molecule has 0 radical (unpaired) electrons. The van der Waals surface area contributed by atoms with Crippen LogP contribution in [0.5, 0.6) is 0 Å². The number of hydrogen-bond acceptors (Lipinski definition) is 5. The van der Waals surface area contributed by atoms with Crippen molar-refractivity contribution >= 4 is 15.7 Å². The summed E-state index contributed by atoms with van der Waals surface area (Å²) in [4.78, 5) is 0. The van der Waals surface area contributed by atoms with E-state index in [-0.39, 0.29) is 11.5 Å². The molecule has 2 heterocycles. The summed E-state index contributed by atoms with van der Waals surface area (Å²) in [7, 11) is -1.33. The van der Waals surface area contributed by atoms with Gasteiger partial charge in [0.2, 0.25) is 0 Å². The zero-order chi connectivity index (χ0) is 11.1. The highest BCUT2D eigenvalue weighted by atomic mass is 32.2. The van der Waals surface area contributed by atoms with E-state index in [0.29, 0.717) is 5.82 Å². The topological polar surface area (TPSA) is 84.2 Å². The standard InChI is InChI=1S/C8H13N3O3S/c1-11-3-2-8(10-11)9-6-4-15(13,14)5-7(6)12/h2-3,6-7,12H,4-5H2,1H3,(H,9,10). The van der Waals surface area contributed by atoms with Crippen LogP contribution in [0.2, 0.25) is 0 Å². The molecule has 1 fully saturated rings. The maximum atomic E-state index is 11.2. The minimum Gasteiger partial charge on any atom is -0.390 e. The Morgan fingerprint density at radius 3 is 2.80 bits per heavy atom. The highest BCUT2D eigenvalue weighted by Crippen LogP contribution is 2.16. The largest absolute Gasteiger partial charge is 0.390 e. The molecule has 2 atom stereocenters. The highest BCUT2D eigenvalue weighted by Gasteiger charge is 2.36. The van der Waals surface area contributed by atoms with Crippen molar-refractivity contribution < 1.29 is 13.5 Å². The van der Waals surface area contributed by atoms with Crippen LogP contribution < -0.4 is 5.32 Å². The average Bonchev–Trinajstić information content (AvgIpc) is 2.58. The first-order valence-corrected chi connectivity index (χ1v) is 6.43. The molecule has 6 nitrogen and oxygen atoms in total. The van der Waals surface area contributed by atoms with Crippen molar-refractivity contribution in [1.29, 1.82) is 0 Å². The van der Waals surface area contributed by atoms with Gasteiger partial charge in [0, 0.05) is 19.3 Å². The third-order valence-corrected chi connectivity index (χ3v) is 4.09. The van der Waals surface area contributed by atoms with E-state index in [0.717, 1.165) is 0 Å². The fourth-order valence-electron chi connectivity index (χ4n) is 1.65. The summed E-state index contributed by atoms with van der Waals surface area (Å²) >= 11 is 0. The third kappa shape index (κ3) is 2.29. The lowest BCUT2D eigenvalue weighted by molar-refractivity contribution is 0.190. The summed E-state index contributed by atoms with van der Waals surface area (Å²) in [6.07, 6.45) is 0.898. The van der Waals surface area contributed by atoms with Gasteiger partial charge in [0.1, 0.15) is 5.82 Å². The van der Waals surface area contributed by atoms with Crippen molar-refractivity contribution in [3.8, 4) is 0 Å². The van der Waals surface area contributed by atoms with Gasteiger partial charge in [-0.05, 0) is 0 Å². The Kier molecular flexibility index (Phi) is 2.43. The molecule has 2 unspecified atom stereocenters. The molecule has 1 aliphatic heterocycles. The van der Waals surface area contributed by atoms with Gasteiger partial charge in [0.15, 0.2) is 9.84 Å². The monoisotopic (exact) mass is 231 g/mol. The molecule has 0 aliphatic carbocycles. The van der Waals surface area contributed by atoms with E-state index in [1.165, 1.54) is 0 Å². The molecule has 84 valence electrons. The molecule has 0 aromatic carbocycles. The molecule has 0 saturated carbocycles. The second-order valence-electron chi connectivity index (χ2n) is 3.77. The Bertz CT molecular complexity index is 453. The lowest BCUT2D eigenvalue weighted by atomic mass is 10.2. The van der Waals surface area contributed by atoms with Crippen LogP contribution >= 0.6 is 0 Å². The summed E-state index contributed by atoms with van der Waals surface area (Å²) in [5, 5.41) is 16.5. The van der Waals surface area contributed by atoms with Gasteiger partial charge in [0.25, 0.3) is 0 Å². The highest BCUT2D eigenvalue weighted by molar-refractivity contribution is 7.91. The SMILES string of the molecule is Cn1ccc(NC2CS(=O)(=O)CC2O)n1. The molecule has 1 saturated heterocycles. The van der Waals surface area contributed by atoms with Crippen molar-refractivity contribution in [1.82, 2.24) is 9.78 Å². The van der Waals surface area contributed by atoms with Gasteiger partial charge in [-0.3, -0.25) is 4.68 Å². The van der Waals surface area contributed by atoms with Gasteiger partial charge in [-0.1, -0.05) is 0 Å². The Labute approximate surface area is 87.8 Å². The van der Waals surface area contributed by atoms with Gasteiger partial charge >= 0.3 is 0 Å². The minimum absolute atomic E-state index is 0.0370. The van der Waals surface area contributed by atoms with Crippen LogP contribution in [0, 0.1) is 0 Å². The van der Waals surface area contributed by atoms with E-state index >= 15 is 0 Å². The molecule has 7 heteroatoms. The van der Waals surface area contributed by atoms with Crippen LogP contribution in [-0.2, 0) is 16.9 Å². The van der Waals surface area contributed by atoms with Crippen LogP contribution in [0.1, 0.15) is 0 Å². The minimum atomic E-state index is -3.11. The lowest BCUT2D eigenvalue weighted by Crippen LogP contribution is -2.32. The molecule has 15 heavy (non-hydrogen) atoms. The summed E-state index contributed by atoms with van der Waals surface area (Å²) < 4.78 is 24.1. The van der Waals surface area contributed by atoms with E-state index in [1.807, 2.05) is 0 Å². The van der Waals surface area contributed by atoms with Crippen molar-refractivity contribution in [3.05, 3.63) is 12.3 Å². The predicted octanol–water partition coefficient (Wildman–Crippen LogP) is -1.01. The van der Waals surface area contributed by atoms with Crippen molar-refractivity contribution in [3.63, 3.8) is 0 Å². The van der Waals surface area contributed by atoms with Crippen molar-refractivity contribution in [2.45, 2.75) is 12.1 Å². The average molecular weight is 231 g/mol. The predicted molar refractivity (Wildman–Crippen MR) is 55.3 cm³/mol. The number of hydrogen-bond donors (Lipinski definition) is 2. The Morgan fingerprint density at radius 2 is 2.33 bits per heavy atom. The van der Waals surface area contributed by atoms with E-state index in [1.54, 1.807) is 24.0 Å². The Hall–Kier alpha value is -1.08. The number of rotatable bonds is 2. The summed E-state index contributed by atoms with van der Waals surface area (Å²) in [6, 6.07) is 1.28. The van der Waals surface area contributed by atoms with Gasteiger partial charge in [-0.2, -0.15) is 5.10 Å². The molecule has 2 N–H and O–H groups in total. The summed E-state index contributed by atoms with van der Waals surface area (Å²) in [6.45, 7) is 0. The molecular formula is C8H13N3O3S. The van der Waals surface area contributed by atoms with Crippen molar-refractivity contribution in [2.24, 2.45) is 7.05 Å². The molecule has 0 spiro atoms. The zero-order valence-corrected chi connectivity index (χ0v) is 9.11. The number of sulfone groups is 1. The number of aliphatic hydroxyl groups excluding tert-OH is 1. The first-order valence-electron chi connectivity index (χ1n) is 4.61. The number of aliphatic hydroxyl groups is 1. The van der Waals surface area contributed by atoms with Crippen LogP contribution in [0.3, 0.4) is 0 Å². The van der Waals surface area contributed by atoms with Gasteiger partial charge < -0.3 is 10.4 Å². The van der Waals surface area contributed by atoms with E-state index in [2.05, 4.69) is 10.4 Å². The number of aryl methyl sites for hydroxylation is 1. The van der Waals surface area contributed by atoms with Crippen LogP contribution in [0.25, 0.3) is 0 Å². The quantitative estimate of drug-likeness (QED) is 0.681. The fraction of sp³-hybridized carbons (Fsp3) is 0.625. The second kappa shape index (κ2) is 3.49. The second-order valence-corrected chi connectivity index (χ2v) is 5.92. The number of nitrogens with zero attached hydrogens (tertiary/aromatic N) is 2. The summed E-state index contributed by atoms with van der Waals surface area (Å²) in [5.41, 5.74) is 0. The maximum absolute atomic E-state index is 11.2. The lowest BCUT2D eigenvalue weighted by Gasteiger charge is -2.13. The first kappa shape index (κ1) is 10.4. The molecule has 1 aliphatic rings. The van der Waals surface area contributed by atoms with Crippen LogP contribution in [0.15, 0.2) is 12.3 Å².